The summed E-state index contributed by atoms with van der Waals surface area (Å²) in [6.07, 6.45) is 10.7. The molecule has 0 unspecified atom stereocenters. The number of rotatable bonds is 4. The number of carbonyl (C=O) groups excluding carboxylic acids is 2. The Bertz CT molecular complexity index is 485. The van der Waals surface area contributed by atoms with Crippen molar-refractivity contribution in [1.82, 2.24) is 14.7 Å². The molecule has 2 saturated heterocycles. The molecule has 4 aliphatic rings. The quantitative estimate of drug-likeness (QED) is 0.782. The lowest BCUT2D eigenvalue weighted by Crippen LogP contribution is -2.59. The van der Waals surface area contributed by atoms with Gasteiger partial charge in [0.1, 0.15) is 0 Å². The molecule has 0 aromatic heterocycles. The molecule has 4 fully saturated rings. The van der Waals surface area contributed by atoms with E-state index in [2.05, 4.69) is 9.80 Å². The molecule has 1 atom stereocenters. The molecule has 0 N–H and O–H groups in total. The fraction of sp³-hybridized carbons (Fsp3) is 0.900. The highest BCUT2D eigenvalue weighted by molar-refractivity contribution is 5.83. The van der Waals surface area contributed by atoms with E-state index in [1.54, 1.807) is 0 Å². The van der Waals surface area contributed by atoms with E-state index in [0.29, 0.717) is 23.7 Å². The highest BCUT2D eigenvalue weighted by Gasteiger charge is 2.41. The molecule has 5 heteroatoms. The highest BCUT2D eigenvalue weighted by atomic mass is 16.2. The van der Waals surface area contributed by atoms with Crippen LogP contribution in [-0.2, 0) is 9.59 Å². The fourth-order valence-corrected chi connectivity index (χ4v) is 5.04. The van der Waals surface area contributed by atoms with Crippen LogP contribution in [0.25, 0.3) is 0 Å². The smallest absolute Gasteiger partial charge is 0.240 e. The number of carbonyl (C=O) groups is 2. The lowest BCUT2D eigenvalue weighted by molar-refractivity contribution is -0.142. The largest absolute Gasteiger partial charge is 0.341 e. The normalized spacial score (nSPS) is 27.5. The molecule has 2 heterocycles. The molecule has 0 radical (unpaired) electrons. The Kier molecular flexibility index (Phi) is 5.30. The first-order valence-electron chi connectivity index (χ1n) is 10.6. The van der Waals surface area contributed by atoms with E-state index in [0.717, 1.165) is 65.0 Å². The van der Waals surface area contributed by atoms with Gasteiger partial charge in [0, 0.05) is 45.2 Å². The van der Waals surface area contributed by atoms with Crippen molar-refractivity contribution < 1.29 is 9.59 Å². The second-order valence-electron chi connectivity index (χ2n) is 8.51. The third-order valence-corrected chi connectivity index (χ3v) is 6.71. The van der Waals surface area contributed by atoms with Crippen LogP contribution in [-0.4, -0.2) is 71.8 Å². The van der Waals surface area contributed by atoms with Gasteiger partial charge in [-0.2, -0.15) is 0 Å². The van der Waals surface area contributed by atoms with E-state index in [9.17, 15) is 9.59 Å². The summed E-state index contributed by atoms with van der Waals surface area (Å²) in [5, 5.41) is 0. The van der Waals surface area contributed by atoms with Gasteiger partial charge in [0.15, 0.2) is 0 Å². The molecule has 2 aliphatic heterocycles. The van der Waals surface area contributed by atoms with Gasteiger partial charge in [-0.05, 0) is 50.9 Å². The van der Waals surface area contributed by atoms with Gasteiger partial charge in [0.25, 0.3) is 0 Å². The third kappa shape index (κ3) is 3.86. The number of nitrogens with zero attached hydrogens (tertiary/aromatic N) is 3. The van der Waals surface area contributed by atoms with Gasteiger partial charge in [0.05, 0.1) is 6.04 Å². The van der Waals surface area contributed by atoms with Gasteiger partial charge >= 0.3 is 0 Å². The topological polar surface area (TPSA) is 43.9 Å². The summed E-state index contributed by atoms with van der Waals surface area (Å²) in [7, 11) is 0. The van der Waals surface area contributed by atoms with Crippen LogP contribution in [0.5, 0.6) is 0 Å². The monoisotopic (exact) mass is 347 g/mol. The Balaban J connectivity index is 1.41. The molecule has 0 bridgehead atoms. The zero-order valence-electron chi connectivity index (χ0n) is 15.5. The van der Waals surface area contributed by atoms with Crippen molar-refractivity contribution in [3.8, 4) is 0 Å². The van der Waals surface area contributed by atoms with Crippen LogP contribution >= 0.6 is 0 Å². The Morgan fingerprint density at radius 1 is 0.680 bits per heavy atom. The molecular formula is C20H33N3O2. The highest BCUT2D eigenvalue weighted by Crippen LogP contribution is 2.34. The minimum absolute atomic E-state index is 0.0683. The summed E-state index contributed by atoms with van der Waals surface area (Å²) in [6.45, 7) is 5.26. The molecule has 2 saturated carbocycles. The van der Waals surface area contributed by atoms with Crippen molar-refractivity contribution >= 4 is 11.8 Å². The van der Waals surface area contributed by atoms with E-state index >= 15 is 0 Å². The van der Waals surface area contributed by atoms with Gasteiger partial charge < -0.3 is 9.80 Å². The number of hydrogen-bond donors (Lipinski definition) is 0. The molecule has 25 heavy (non-hydrogen) atoms. The molecule has 2 amide bonds. The minimum Gasteiger partial charge on any atom is -0.341 e. The third-order valence-electron chi connectivity index (χ3n) is 6.71. The first-order chi connectivity index (χ1) is 12.2. The van der Waals surface area contributed by atoms with Crippen LogP contribution in [0.4, 0.5) is 0 Å². The molecule has 0 aromatic carbocycles. The van der Waals surface area contributed by atoms with E-state index in [1.807, 2.05) is 4.90 Å². The van der Waals surface area contributed by atoms with E-state index in [-0.39, 0.29) is 6.04 Å². The number of likely N-dealkylation sites (tertiary alicyclic amines) is 1. The molecule has 0 spiro atoms. The molecule has 4 rings (SSSR count). The van der Waals surface area contributed by atoms with Crippen LogP contribution < -0.4 is 0 Å². The van der Waals surface area contributed by atoms with Crippen LogP contribution in [0.3, 0.4) is 0 Å². The summed E-state index contributed by atoms with van der Waals surface area (Å²) in [4.78, 5) is 32.2. The van der Waals surface area contributed by atoms with Crippen molar-refractivity contribution in [2.45, 2.75) is 63.8 Å². The second-order valence-corrected chi connectivity index (χ2v) is 8.51. The van der Waals surface area contributed by atoms with E-state index in [1.165, 1.54) is 32.1 Å². The zero-order valence-corrected chi connectivity index (χ0v) is 15.5. The van der Waals surface area contributed by atoms with Gasteiger partial charge in [-0.25, -0.2) is 0 Å². The zero-order chi connectivity index (χ0) is 17.2. The fourth-order valence-electron chi connectivity index (χ4n) is 5.04. The van der Waals surface area contributed by atoms with E-state index in [4.69, 9.17) is 0 Å². The van der Waals surface area contributed by atoms with Gasteiger partial charge in [-0.3, -0.25) is 14.5 Å². The van der Waals surface area contributed by atoms with Crippen LogP contribution in [0.2, 0.25) is 0 Å². The SMILES string of the molecule is O=C(C1CC1)N1CCN([C@H](C(=O)N2CCCCC2)C2CCCC2)CC1. The van der Waals surface area contributed by atoms with Gasteiger partial charge in [-0.15, -0.1) is 0 Å². The van der Waals surface area contributed by atoms with Gasteiger partial charge in [-0.1, -0.05) is 12.8 Å². The minimum atomic E-state index is 0.0683. The maximum absolute atomic E-state index is 13.3. The molecular weight excluding hydrogens is 314 g/mol. The summed E-state index contributed by atoms with van der Waals surface area (Å²) < 4.78 is 0. The first kappa shape index (κ1) is 17.3. The Hall–Kier alpha value is -1.10. The van der Waals surface area contributed by atoms with Crippen molar-refractivity contribution in [3.05, 3.63) is 0 Å². The van der Waals surface area contributed by atoms with E-state index < -0.39 is 0 Å². The summed E-state index contributed by atoms with van der Waals surface area (Å²) >= 11 is 0. The predicted molar refractivity (Wildman–Crippen MR) is 97.1 cm³/mol. The maximum atomic E-state index is 13.3. The Labute approximate surface area is 151 Å². The van der Waals surface area contributed by atoms with Crippen molar-refractivity contribution in [2.24, 2.45) is 11.8 Å². The number of amides is 2. The average Bonchev–Trinajstić information content (AvgIpc) is 3.39. The maximum Gasteiger partial charge on any atom is 0.240 e. The predicted octanol–water partition coefficient (Wildman–Crippen LogP) is 2.11. The second kappa shape index (κ2) is 7.65. The van der Waals surface area contributed by atoms with Crippen molar-refractivity contribution in [2.75, 3.05) is 39.3 Å². The standard InChI is InChI=1S/C20H33N3O2/c24-19(17-8-9-17)23-14-12-21(13-15-23)18(16-6-2-3-7-16)20(25)22-10-4-1-5-11-22/h16-18H,1-15H2/t18-/m0/s1. The Morgan fingerprint density at radius 2 is 1.32 bits per heavy atom. The summed E-state index contributed by atoms with van der Waals surface area (Å²) in [6, 6.07) is 0.0683. The molecule has 0 aromatic rings. The lowest BCUT2D eigenvalue weighted by atomic mass is 9.93. The van der Waals surface area contributed by atoms with Crippen LogP contribution in [0.1, 0.15) is 57.8 Å². The molecule has 5 nitrogen and oxygen atoms in total. The molecule has 140 valence electrons. The number of hydrogen-bond acceptors (Lipinski definition) is 3. The average molecular weight is 348 g/mol. The van der Waals surface area contributed by atoms with Gasteiger partial charge in [0.2, 0.25) is 11.8 Å². The number of piperazine rings is 1. The summed E-state index contributed by atoms with van der Waals surface area (Å²) in [5.74, 6) is 1.58. The molecule has 2 aliphatic carbocycles. The Morgan fingerprint density at radius 3 is 1.92 bits per heavy atom. The van der Waals surface area contributed by atoms with Crippen LogP contribution in [0, 0.1) is 11.8 Å². The van der Waals surface area contributed by atoms with Crippen LogP contribution in [0.15, 0.2) is 0 Å². The first-order valence-corrected chi connectivity index (χ1v) is 10.6. The van der Waals surface area contributed by atoms with Crippen molar-refractivity contribution in [1.29, 1.82) is 0 Å². The lowest BCUT2D eigenvalue weighted by Gasteiger charge is -2.43. The number of piperidine rings is 1. The van der Waals surface area contributed by atoms with Crippen molar-refractivity contribution in [3.63, 3.8) is 0 Å². The summed E-state index contributed by atoms with van der Waals surface area (Å²) in [5.41, 5.74) is 0.